The summed E-state index contributed by atoms with van der Waals surface area (Å²) in [6.45, 7) is 7.59. The minimum Gasteiger partial charge on any atom is -0.475 e. The Hall–Kier alpha value is -2.10. The molecule has 0 aliphatic rings. The lowest BCUT2D eigenvalue weighted by Crippen LogP contribution is -1.95. The highest BCUT2D eigenvalue weighted by Crippen LogP contribution is 2.29. The molecule has 2 aromatic rings. The van der Waals surface area contributed by atoms with Crippen LogP contribution in [0.25, 0.3) is 11.5 Å². The van der Waals surface area contributed by atoms with E-state index in [-0.39, 0.29) is 5.76 Å². The van der Waals surface area contributed by atoms with Crippen molar-refractivity contribution in [2.45, 2.75) is 27.7 Å². The molecule has 0 aliphatic heterocycles. The van der Waals surface area contributed by atoms with Crippen LogP contribution in [-0.2, 0) is 0 Å². The number of carboxylic acid groups (broad SMARTS) is 1. The Morgan fingerprint density at radius 1 is 1.17 bits per heavy atom. The highest BCUT2D eigenvalue weighted by Gasteiger charge is 2.19. The fraction of sp³-hybridized carbons (Fsp3) is 0.286. The molecule has 0 saturated carbocycles. The molecule has 1 heterocycles. The van der Waals surface area contributed by atoms with Gasteiger partial charge in [-0.2, -0.15) is 0 Å². The first kappa shape index (κ1) is 12.4. The van der Waals surface area contributed by atoms with Crippen LogP contribution < -0.4 is 0 Å². The zero-order chi connectivity index (χ0) is 13.4. The van der Waals surface area contributed by atoms with Gasteiger partial charge in [-0.15, -0.1) is 0 Å². The van der Waals surface area contributed by atoms with Crippen LogP contribution in [0.2, 0.25) is 0 Å². The number of benzene rings is 1. The summed E-state index contributed by atoms with van der Waals surface area (Å²) in [7, 11) is 0. The fourth-order valence-corrected chi connectivity index (χ4v) is 2.22. The number of carbonyl (C=O) groups is 1. The number of carboxylic acids is 1. The molecular formula is C14H15NO3. The second kappa shape index (κ2) is 4.29. The van der Waals surface area contributed by atoms with E-state index in [1.165, 1.54) is 0 Å². The predicted molar refractivity (Wildman–Crippen MR) is 67.8 cm³/mol. The van der Waals surface area contributed by atoms with E-state index in [9.17, 15) is 4.79 Å². The van der Waals surface area contributed by atoms with Crippen molar-refractivity contribution >= 4 is 5.97 Å². The molecule has 0 aliphatic carbocycles. The summed E-state index contributed by atoms with van der Waals surface area (Å²) in [5.74, 6) is -0.807. The summed E-state index contributed by atoms with van der Waals surface area (Å²) in [4.78, 5) is 15.2. The van der Waals surface area contributed by atoms with Gasteiger partial charge in [-0.05, 0) is 38.8 Å². The molecule has 0 spiro atoms. The Morgan fingerprint density at radius 3 is 2.17 bits per heavy atom. The number of hydrogen-bond donors (Lipinski definition) is 1. The van der Waals surface area contributed by atoms with Crippen LogP contribution >= 0.6 is 0 Å². The summed E-state index contributed by atoms with van der Waals surface area (Å²) in [5.41, 5.74) is 4.50. The molecule has 0 atom stereocenters. The first-order chi connectivity index (χ1) is 8.40. The minimum atomic E-state index is -1.09. The van der Waals surface area contributed by atoms with Crippen LogP contribution in [0.3, 0.4) is 0 Å². The van der Waals surface area contributed by atoms with Gasteiger partial charge in [0.2, 0.25) is 11.7 Å². The highest BCUT2D eigenvalue weighted by molar-refractivity contribution is 5.86. The molecule has 4 nitrogen and oxygen atoms in total. The van der Waals surface area contributed by atoms with Crippen molar-refractivity contribution in [1.29, 1.82) is 0 Å². The van der Waals surface area contributed by atoms with E-state index >= 15 is 0 Å². The smallest absolute Gasteiger partial charge is 0.373 e. The summed E-state index contributed by atoms with van der Waals surface area (Å²) >= 11 is 0. The van der Waals surface area contributed by atoms with Crippen molar-refractivity contribution in [2.75, 3.05) is 0 Å². The molecule has 94 valence electrons. The molecule has 0 radical (unpaired) electrons. The molecule has 0 fully saturated rings. The van der Waals surface area contributed by atoms with E-state index < -0.39 is 5.97 Å². The third kappa shape index (κ3) is 2.01. The third-order valence-electron chi connectivity index (χ3n) is 2.88. The molecule has 1 aromatic heterocycles. The van der Waals surface area contributed by atoms with Crippen molar-refractivity contribution in [2.24, 2.45) is 0 Å². The van der Waals surface area contributed by atoms with Crippen molar-refractivity contribution in [1.82, 2.24) is 4.98 Å². The van der Waals surface area contributed by atoms with E-state index in [2.05, 4.69) is 4.98 Å². The molecule has 0 unspecified atom stereocenters. The predicted octanol–water partition coefficient (Wildman–Crippen LogP) is 3.27. The van der Waals surface area contributed by atoms with E-state index in [4.69, 9.17) is 9.52 Å². The molecule has 0 amide bonds. The Balaban J connectivity index is 2.63. The SMILES string of the molecule is Cc1cc(C)c(-c2nc(C)c(C(=O)O)o2)c(C)c1. The highest BCUT2D eigenvalue weighted by atomic mass is 16.4. The van der Waals surface area contributed by atoms with Crippen LogP contribution in [0.5, 0.6) is 0 Å². The fourth-order valence-electron chi connectivity index (χ4n) is 2.22. The Bertz CT molecular complexity index is 603. The number of rotatable bonds is 2. The first-order valence-corrected chi connectivity index (χ1v) is 5.69. The largest absolute Gasteiger partial charge is 0.475 e. The monoisotopic (exact) mass is 245 g/mol. The normalized spacial score (nSPS) is 10.7. The molecule has 1 aromatic carbocycles. The van der Waals surface area contributed by atoms with Crippen LogP contribution in [0.4, 0.5) is 0 Å². The molecule has 4 heteroatoms. The molecule has 0 bridgehead atoms. The third-order valence-corrected chi connectivity index (χ3v) is 2.88. The number of aromatic nitrogens is 1. The topological polar surface area (TPSA) is 63.3 Å². The van der Waals surface area contributed by atoms with E-state index in [1.807, 2.05) is 32.9 Å². The summed E-state index contributed by atoms with van der Waals surface area (Å²) in [6.07, 6.45) is 0. The summed E-state index contributed by atoms with van der Waals surface area (Å²) < 4.78 is 5.35. The molecule has 0 saturated heterocycles. The number of nitrogens with zero attached hydrogens (tertiary/aromatic N) is 1. The maximum absolute atomic E-state index is 11.0. The molecule has 1 N–H and O–H groups in total. The lowest BCUT2D eigenvalue weighted by atomic mass is 10.00. The van der Waals surface area contributed by atoms with E-state index in [0.717, 1.165) is 22.3 Å². The average molecular weight is 245 g/mol. The maximum Gasteiger partial charge on any atom is 0.373 e. The van der Waals surface area contributed by atoms with Gasteiger partial charge in [0.25, 0.3) is 0 Å². The van der Waals surface area contributed by atoms with Crippen LogP contribution in [-0.4, -0.2) is 16.1 Å². The van der Waals surface area contributed by atoms with Gasteiger partial charge in [0.15, 0.2) is 0 Å². The second-order valence-electron chi connectivity index (χ2n) is 4.51. The lowest BCUT2D eigenvalue weighted by Gasteiger charge is -2.07. The Morgan fingerprint density at radius 2 is 1.72 bits per heavy atom. The van der Waals surface area contributed by atoms with E-state index in [1.54, 1.807) is 6.92 Å². The Labute approximate surface area is 105 Å². The quantitative estimate of drug-likeness (QED) is 0.881. The lowest BCUT2D eigenvalue weighted by molar-refractivity contribution is 0.0662. The van der Waals surface area contributed by atoms with Gasteiger partial charge in [-0.3, -0.25) is 0 Å². The number of aromatic carboxylic acids is 1. The minimum absolute atomic E-state index is 0.0932. The number of hydrogen-bond acceptors (Lipinski definition) is 3. The molecular weight excluding hydrogens is 230 g/mol. The summed E-state index contributed by atoms with van der Waals surface area (Å²) in [5, 5.41) is 8.97. The van der Waals surface area contributed by atoms with Gasteiger partial charge in [-0.1, -0.05) is 17.7 Å². The van der Waals surface area contributed by atoms with Crippen molar-refractivity contribution in [3.8, 4) is 11.5 Å². The van der Waals surface area contributed by atoms with Gasteiger partial charge in [-0.25, -0.2) is 9.78 Å². The van der Waals surface area contributed by atoms with Crippen LogP contribution in [0, 0.1) is 27.7 Å². The zero-order valence-electron chi connectivity index (χ0n) is 10.9. The van der Waals surface area contributed by atoms with Gasteiger partial charge in [0.05, 0.1) is 5.69 Å². The molecule has 18 heavy (non-hydrogen) atoms. The first-order valence-electron chi connectivity index (χ1n) is 5.69. The average Bonchev–Trinajstić information content (AvgIpc) is 2.58. The van der Waals surface area contributed by atoms with Gasteiger partial charge < -0.3 is 9.52 Å². The van der Waals surface area contributed by atoms with Crippen molar-refractivity contribution in [3.05, 3.63) is 40.3 Å². The van der Waals surface area contributed by atoms with Gasteiger partial charge in [0.1, 0.15) is 0 Å². The van der Waals surface area contributed by atoms with Crippen LogP contribution in [0.1, 0.15) is 32.9 Å². The zero-order valence-corrected chi connectivity index (χ0v) is 10.9. The number of aryl methyl sites for hydroxylation is 4. The van der Waals surface area contributed by atoms with Crippen molar-refractivity contribution < 1.29 is 14.3 Å². The maximum atomic E-state index is 11.0. The number of oxazole rings is 1. The van der Waals surface area contributed by atoms with Crippen LogP contribution in [0.15, 0.2) is 16.5 Å². The molecule has 2 rings (SSSR count). The Kier molecular flexibility index (Phi) is 2.95. The van der Waals surface area contributed by atoms with Gasteiger partial charge >= 0.3 is 5.97 Å². The summed E-state index contributed by atoms with van der Waals surface area (Å²) in [6, 6.07) is 4.06. The van der Waals surface area contributed by atoms with Crippen molar-refractivity contribution in [3.63, 3.8) is 0 Å². The second-order valence-corrected chi connectivity index (χ2v) is 4.51. The standard InChI is InChI=1S/C14H15NO3/c1-7-5-8(2)11(9(3)6-7)13-15-10(4)12(18-13)14(16)17/h5-6H,1-4H3,(H,16,17). The van der Waals surface area contributed by atoms with E-state index in [0.29, 0.717) is 11.6 Å². The van der Waals surface area contributed by atoms with Gasteiger partial charge in [0, 0.05) is 5.56 Å².